The molecule has 11 heteroatoms. The molecule has 2 aromatic heterocycles. The topological polar surface area (TPSA) is 113 Å². The minimum atomic E-state index is -0.591. The van der Waals surface area contributed by atoms with Crippen LogP contribution < -0.4 is 5.43 Å². The van der Waals surface area contributed by atoms with Gasteiger partial charge in [-0.05, 0) is 39.0 Å². The molecule has 3 rings (SSSR count). The monoisotopic (exact) mass is 518 g/mol. The number of nitrogens with zero attached hydrogens (tertiary/aromatic N) is 7. The number of carbonyl (C=O) groups is 1. The fourth-order valence-electron chi connectivity index (χ4n) is 3.38. The van der Waals surface area contributed by atoms with E-state index in [0.29, 0.717) is 23.4 Å². The average molecular weight is 519 g/mol. The molecule has 198 valence electrons. The first kappa shape index (κ1) is 27.9. The predicted molar refractivity (Wildman–Crippen MR) is 148 cm³/mol. The summed E-state index contributed by atoms with van der Waals surface area (Å²) in [4.78, 5) is 21.3. The van der Waals surface area contributed by atoms with Gasteiger partial charge in [-0.3, -0.25) is 24.9 Å². The van der Waals surface area contributed by atoms with Crippen LogP contribution in [0.25, 0.3) is 11.1 Å². The van der Waals surface area contributed by atoms with Crippen LogP contribution in [0.5, 0.6) is 0 Å². The molecule has 10 nitrogen and oxygen atoms in total. The second-order valence-corrected chi connectivity index (χ2v) is 8.50. The second-order valence-electron chi connectivity index (χ2n) is 8.50. The number of nitrogens with one attached hydrogen (secondary N) is 1. The minimum Gasteiger partial charge on any atom is -0.356 e. The number of hydrogen-bond acceptors (Lipinski definition) is 8. The third kappa shape index (κ3) is 7.92. The number of aryl methyl sites for hydroxylation is 2. The summed E-state index contributed by atoms with van der Waals surface area (Å²) in [5.41, 5.74) is 6.69. The molecule has 1 unspecified atom stereocenters. The number of halogens is 1. The molecule has 0 saturated heterocycles. The van der Waals surface area contributed by atoms with Crippen molar-refractivity contribution in [2.75, 3.05) is 13.6 Å². The van der Waals surface area contributed by atoms with Crippen molar-refractivity contribution >= 4 is 35.8 Å². The number of allylic oxidation sites excluding steroid dienone is 7. The number of rotatable bonds is 10. The molecule has 0 aliphatic carbocycles. The summed E-state index contributed by atoms with van der Waals surface area (Å²) >= 11 is 0. The van der Waals surface area contributed by atoms with E-state index in [4.69, 9.17) is 4.52 Å². The van der Waals surface area contributed by atoms with E-state index in [1.807, 2.05) is 32.3 Å². The third-order valence-electron chi connectivity index (χ3n) is 5.34. The van der Waals surface area contributed by atoms with Gasteiger partial charge in [0.1, 0.15) is 0 Å². The summed E-state index contributed by atoms with van der Waals surface area (Å²) in [7, 11) is 3.57. The van der Waals surface area contributed by atoms with Crippen LogP contribution in [-0.4, -0.2) is 64.1 Å². The molecule has 38 heavy (non-hydrogen) atoms. The largest absolute Gasteiger partial charge is 0.356 e. The lowest BCUT2D eigenvalue weighted by Crippen LogP contribution is -2.29. The molecular weight excluding hydrogens is 487 g/mol. The van der Waals surface area contributed by atoms with Gasteiger partial charge < -0.3 is 9.42 Å². The highest BCUT2D eigenvalue weighted by atomic mass is 19.1. The fourth-order valence-corrected chi connectivity index (χ4v) is 3.38. The Bertz CT molecular complexity index is 1370. The van der Waals surface area contributed by atoms with Gasteiger partial charge in [0, 0.05) is 61.7 Å². The van der Waals surface area contributed by atoms with Gasteiger partial charge in [0.15, 0.2) is 17.4 Å². The Morgan fingerprint density at radius 3 is 2.87 bits per heavy atom. The molecule has 0 radical (unpaired) electrons. The quantitative estimate of drug-likeness (QED) is 0.221. The summed E-state index contributed by atoms with van der Waals surface area (Å²) in [5.74, 6) is -0.145. The maximum Gasteiger partial charge on any atom is 0.214 e. The Labute approximate surface area is 221 Å². The van der Waals surface area contributed by atoms with Gasteiger partial charge in [-0.15, -0.1) is 0 Å². The number of amidine groups is 1. The summed E-state index contributed by atoms with van der Waals surface area (Å²) in [6, 6.07) is 1.32. The maximum atomic E-state index is 14.7. The molecule has 0 bridgehead atoms. The van der Waals surface area contributed by atoms with Crippen LogP contribution in [-0.2, 0) is 11.8 Å². The first-order valence-electron chi connectivity index (χ1n) is 11.9. The van der Waals surface area contributed by atoms with Crippen LogP contribution in [0.15, 0.2) is 86.0 Å². The fraction of sp³-hybridized carbons (Fsp3) is 0.259. The lowest BCUT2D eigenvalue weighted by atomic mass is 10.1. The van der Waals surface area contributed by atoms with E-state index < -0.39 is 11.9 Å². The molecule has 3 heterocycles. The first-order chi connectivity index (χ1) is 18.3. The van der Waals surface area contributed by atoms with Crippen LogP contribution in [0.2, 0.25) is 0 Å². The van der Waals surface area contributed by atoms with Gasteiger partial charge in [-0.25, -0.2) is 4.39 Å². The van der Waals surface area contributed by atoms with Crippen LogP contribution in [0.4, 0.5) is 4.39 Å². The highest BCUT2D eigenvalue weighted by Crippen LogP contribution is 2.21. The van der Waals surface area contributed by atoms with Crippen molar-refractivity contribution in [1.29, 1.82) is 0 Å². The summed E-state index contributed by atoms with van der Waals surface area (Å²) < 4.78 is 21.6. The van der Waals surface area contributed by atoms with E-state index in [0.717, 1.165) is 16.7 Å². The molecule has 1 aliphatic rings. The minimum absolute atomic E-state index is 0.0190. The molecule has 1 atom stereocenters. The number of hydrogen-bond donors (Lipinski definition) is 1. The molecule has 2 aromatic rings. The Morgan fingerprint density at radius 2 is 2.21 bits per heavy atom. The molecule has 1 amide bonds. The molecule has 1 N–H and O–H groups in total. The van der Waals surface area contributed by atoms with Crippen molar-refractivity contribution in [3.8, 4) is 0 Å². The van der Waals surface area contributed by atoms with Crippen molar-refractivity contribution in [1.82, 2.24) is 25.3 Å². The zero-order valence-corrected chi connectivity index (χ0v) is 22.0. The normalized spacial score (nSPS) is 16.0. The number of carbonyl (C=O) groups excluding carboxylic acids is 1. The Hall–Kier alpha value is -4.67. The van der Waals surface area contributed by atoms with Gasteiger partial charge in [-0.1, -0.05) is 22.9 Å². The third-order valence-corrected chi connectivity index (χ3v) is 5.34. The summed E-state index contributed by atoms with van der Waals surface area (Å²) in [6.45, 7) is 5.76. The average Bonchev–Trinajstić information content (AvgIpc) is 3.47. The molecular formula is C27H31FN8O2. The molecule has 0 aromatic carbocycles. The second kappa shape index (κ2) is 13.6. The smallest absolute Gasteiger partial charge is 0.214 e. The number of aromatic nitrogens is 3. The van der Waals surface area contributed by atoms with Crippen LogP contribution in [0.3, 0.4) is 0 Å². The van der Waals surface area contributed by atoms with E-state index in [2.05, 4.69) is 30.8 Å². The zero-order chi connectivity index (χ0) is 27.5. The Morgan fingerprint density at radius 1 is 1.39 bits per heavy atom. The van der Waals surface area contributed by atoms with Gasteiger partial charge in [-0.2, -0.15) is 10.2 Å². The highest BCUT2D eigenvalue weighted by Gasteiger charge is 2.14. The van der Waals surface area contributed by atoms with Crippen molar-refractivity contribution in [3.05, 3.63) is 83.5 Å². The molecule has 0 spiro atoms. The van der Waals surface area contributed by atoms with E-state index in [1.54, 1.807) is 62.4 Å². The van der Waals surface area contributed by atoms with Crippen molar-refractivity contribution in [2.45, 2.75) is 26.8 Å². The van der Waals surface area contributed by atoms with Gasteiger partial charge in [0.2, 0.25) is 6.41 Å². The number of aliphatic imine (C=N–C) groups is 2. The molecule has 0 fully saturated rings. The van der Waals surface area contributed by atoms with Gasteiger partial charge >= 0.3 is 0 Å². The van der Waals surface area contributed by atoms with Gasteiger partial charge in [0.25, 0.3) is 0 Å². The highest BCUT2D eigenvalue weighted by molar-refractivity contribution is 6.10. The van der Waals surface area contributed by atoms with E-state index >= 15 is 0 Å². The molecule has 1 aliphatic heterocycles. The van der Waals surface area contributed by atoms with Crippen molar-refractivity contribution in [3.63, 3.8) is 0 Å². The number of hydrazone groups is 1. The Kier molecular flexibility index (Phi) is 9.98. The van der Waals surface area contributed by atoms with Crippen LogP contribution in [0, 0.1) is 6.92 Å². The van der Waals surface area contributed by atoms with E-state index in [9.17, 15) is 9.18 Å². The number of amides is 1. The summed E-state index contributed by atoms with van der Waals surface area (Å²) in [6.07, 6.45) is 17.9. The molecule has 0 saturated carbocycles. The zero-order valence-electron chi connectivity index (χ0n) is 22.0. The van der Waals surface area contributed by atoms with E-state index in [1.165, 1.54) is 17.2 Å². The van der Waals surface area contributed by atoms with Crippen molar-refractivity contribution < 1.29 is 13.7 Å². The first-order valence-corrected chi connectivity index (χ1v) is 11.9. The van der Waals surface area contributed by atoms with Crippen LogP contribution >= 0.6 is 0 Å². The lowest BCUT2D eigenvalue weighted by Gasteiger charge is -2.16. The standard InChI is InChI=1S/C27H31FN8O2/c1-19(11-23(15-29-4)24-16-32-35(5)17-24)7-6-10-36(18-37)21(3)14-31-33-27-25(28)13-22(8-9-30-27)26-12-20(2)34-38-26/h6-8,10-18,21H,9H2,1-5H3,(H,30,33)/b10-6-,19-7+,23-11+,29-15?,31-14+. The van der Waals surface area contributed by atoms with Crippen molar-refractivity contribution in [2.24, 2.45) is 22.1 Å². The predicted octanol–water partition coefficient (Wildman–Crippen LogP) is 4.03. The van der Waals surface area contributed by atoms with Gasteiger partial charge in [0.05, 0.1) is 24.5 Å². The lowest BCUT2D eigenvalue weighted by molar-refractivity contribution is -0.116. The maximum absolute atomic E-state index is 14.7. The van der Waals surface area contributed by atoms with E-state index in [-0.39, 0.29) is 12.4 Å². The SMILES string of the molecule is CN=C\C(=C/C(C)=C/C=C\N(C=O)C(C)/C=N/NC1=NCC=C(c2cc(C)no2)C=C1F)c1cnn(C)c1. The van der Waals surface area contributed by atoms with Crippen LogP contribution in [0.1, 0.15) is 30.9 Å². The summed E-state index contributed by atoms with van der Waals surface area (Å²) in [5, 5.41) is 12.1. The Balaban J connectivity index is 1.60.